The number of carbonyl (C=O) groups excluding carboxylic acids is 1. The number of hydrogen-bond acceptors (Lipinski definition) is 4. The van der Waals surface area contributed by atoms with E-state index in [1.165, 1.54) is 0 Å². The minimum Gasteiger partial charge on any atom is -0.450 e. The number of aromatic amines is 1. The Labute approximate surface area is 94.1 Å². The fourth-order valence-electron chi connectivity index (χ4n) is 1.16. The van der Waals surface area contributed by atoms with E-state index in [0.717, 1.165) is 17.8 Å². The van der Waals surface area contributed by atoms with Gasteiger partial charge in [0, 0.05) is 5.56 Å². The normalized spacial score (nSPS) is 9.62. The zero-order valence-corrected chi connectivity index (χ0v) is 9.46. The van der Waals surface area contributed by atoms with E-state index in [2.05, 4.69) is 27.4 Å². The van der Waals surface area contributed by atoms with Crippen LogP contribution in [0, 0.1) is 0 Å². The number of H-pyrrole nitrogens is 1. The summed E-state index contributed by atoms with van der Waals surface area (Å²) >= 11 is 0. The number of ether oxygens (including phenoxy) is 1. The summed E-state index contributed by atoms with van der Waals surface area (Å²) in [6.07, 6.45) is 2.03. The van der Waals surface area contributed by atoms with Crippen molar-refractivity contribution in [1.29, 1.82) is 0 Å². The molecule has 1 rings (SSSR count). The Morgan fingerprint density at radius 2 is 2.38 bits per heavy atom. The van der Waals surface area contributed by atoms with Crippen LogP contribution in [-0.4, -0.2) is 22.9 Å². The molecular weight excluding hydrogens is 208 g/mol. The van der Waals surface area contributed by atoms with Gasteiger partial charge in [0.2, 0.25) is 0 Å². The highest BCUT2D eigenvalue weighted by Gasteiger charge is 2.06. The van der Waals surface area contributed by atoms with Crippen LogP contribution in [0.4, 0.5) is 10.6 Å². The summed E-state index contributed by atoms with van der Waals surface area (Å²) < 4.78 is 4.71. The number of rotatable bonds is 5. The van der Waals surface area contributed by atoms with Crippen LogP contribution in [0.3, 0.4) is 0 Å². The molecule has 0 atom stereocenters. The van der Waals surface area contributed by atoms with Crippen LogP contribution >= 0.6 is 0 Å². The molecule has 0 aliphatic heterocycles. The lowest BCUT2D eigenvalue weighted by Crippen LogP contribution is -2.27. The monoisotopic (exact) mass is 224 g/mol. The number of nitrogens with zero attached hydrogens (tertiary/aromatic N) is 1. The van der Waals surface area contributed by atoms with Crippen molar-refractivity contribution in [2.75, 3.05) is 11.9 Å². The largest absolute Gasteiger partial charge is 0.450 e. The lowest BCUT2D eigenvalue weighted by atomic mass is 10.2. The molecule has 1 aromatic rings. The van der Waals surface area contributed by atoms with Crippen LogP contribution in [0.15, 0.2) is 18.6 Å². The molecule has 1 amide bonds. The first-order valence-electron chi connectivity index (χ1n) is 5.09. The molecule has 0 aliphatic rings. The zero-order chi connectivity index (χ0) is 12.0. The predicted octanol–water partition coefficient (Wildman–Crippen LogP) is 1.60. The first-order chi connectivity index (χ1) is 7.67. The number of anilines is 1. The van der Waals surface area contributed by atoms with Gasteiger partial charge in [-0.15, -0.1) is 0 Å². The van der Waals surface area contributed by atoms with Gasteiger partial charge in [0.15, 0.2) is 0 Å². The van der Waals surface area contributed by atoms with E-state index >= 15 is 0 Å². The first kappa shape index (κ1) is 12.1. The molecule has 0 bridgehead atoms. The van der Waals surface area contributed by atoms with E-state index in [1.807, 2.05) is 6.92 Å². The van der Waals surface area contributed by atoms with Crippen LogP contribution in [0.2, 0.25) is 0 Å². The molecule has 6 nitrogen and oxygen atoms in total. The van der Waals surface area contributed by atoms with E-state index in [1.54, 1.807) is 13.1 Å². The van der Waals surface area contributed by atoms with Gasteiger partial charge in [-0.2, -0.15) is 5.10 Å². The van der Waals surface area contributed by atoms with Crippen molar-refractivity contribution in [3.8, 4) is 0 Å². The molecule has 0 unspecified atom stereocenters. The lowest BCUT2D eigenvalue weighted by molar-refractivity contribution is 0.155. The van der Waals surface area contributed by atoms with Gasteiger partial charge < -0.3 is 10.1 Å². The Balaban J connectivity index is 2.48. The van der Waals surface area contributed by atoms with E-state index in [0.29, 0.717) is 12.4 Å². The van der Waals surface area contributed by atoms with Crippen molar-refractivity contribution in [1.82, 2.24) is 15.5 Å². The highest BCUT2D eigenvalue weighted by molar-refractivity contribution is 5.70. The predicted molar refractivity (Wildman–Crippen MR) is 60.9 cm³/mol. The molecule has 0 aromatic carbocycles. The third kappa shape index (κ3) is 3.30. The minimum absolute atomic E-state index is 0.323. The topological polar surface area (TPSA) is 79.0 Å². The van der Waals surface area contributed by atoms with Crippen molar-refractivity contribution in [2.45, 2.75) is 20.3 Å². The number of nitrogens with one attached hydrogen (secondary N) is 3. The van der Waals surface area contributed by atoms with Crippen LogP contribution in [-0.2, 0) is 11.2 Å². The highest BCUT2D eigenvalue weighted by atomic mass is 16.5. The summed E-state index contributed by atoms with van der Waals surface area (Å²) in [6, 6.07) is 0. The van der Waals surface area contributed by atoms with E-state index in [-0.39, 0.29) is 0 Å². The summed E-state index contributed by atoms with van der Waals surface area (Å²) in [4.78, 5) is 11.1. The fraction of sp³-hybridized carbons (Fsp3) is 0.400. The van der Waals surface area contributed by atoms with Crippen molar-refractivity contribution >= 4 is 11.9 Å². The summed E-state index contributed by atoms with van der Waals surface area (Å²) in [6.45, 7) is 7.73. The third-order valence-electron chi connectivity index (χ3n) is 1.90. The summed E-state index contributed by atoms with van der Waals surface area (Å²) in [5, 5.41) is 12.0. The Hall–Kier alpha value is -1.98. The van der Waals surface area contributed by atoms with Gasteiger partial charge >= 0.3 is 6.09 Å². The van der Waals surface area contributed by atoms with Crippen LogP contribution in [0.25, 0.3) is 0 Å². The SMILES string of the molecule is C=C(NC(=O)OCC)Nc1[nH]ncc1CC. The average molecular weight is 224 g/mol. The van der Waals surface area contributed by atoms with Crippen molar-refractivity contribution in [3.05, 3.63) is 24.2 Å². The Morgan fingerprint density at radius 1 is 1.62 bits per heavy atom. The number of aromatic nitrogens is 2. The summed E-state index contributed by atoms with van der Waals surface area (Å²) in [5.74, 6) is 1.07. The lowest BCUT2D eigenvalue weighted by Gasteiger charge is -2.10. The van der Waals surface area contributed by atoms with Crippen molar-refractivity contribution in [3.63, 3.8) is 0 Å². The van der Waals surface area contributed by atoms with Gasteiger partial charge in [0.05, 0.1) is 12.8 Å². The molecule has 0 saturated heterocycles. The fourth-order valence-corrected chi connectivity index (χ4v) is 1.16. The molecule has 0 fully saturated rings. The summed E-state index contributed by atoms with van der Waals surface area (Å²) in [5.41, 5.74) is 1.02. The molecule has 6 heteroatoms. The van der Waals surface area contributed by atoms with E-state index < -0.39 is 6.09 Å². The zero-order valence-electron chi connectivity index (χ0n) is 9.46. The van der Waals surface area contributed by atoms with Crippen molar-refractivity contribution in [2.24, 2.45) is 0 Å². The average Bonchev–Trinajstić information content (AvgIpc) is 2.65. The maximum Gasteiger partial charge on any atom is 0.412 e. The van der Waals surface area contributed by atoms with Crippen LogP contribution < -0.4 is 10.6 Å². The molecular formula is C10H16N4O2. The van der Waals surface area contributed by atoms with Crippen molar-refractivity contribution < 1.29 is 9.53 Å². The molecule has 0 saturated carbocycles. The second kappa shape index (κ2) is 5.79. The molecule has 88 valence electrons. The van der Waals surface area contributed by atoms with Gasteiger partial charge in [-0.3, -0.25) is 10.4 Å². The molecule has 1 aromatic heterocycles. The molecule has 16 heavy (non-hydrogen) atoms. The maximum absolute atomic E-state index is 11.1. The highest BCUT2D eigenvalue weighted by Crippen LogP contribution is 2.12. The Morgan fingerprint density at radius 3 is 3.00 bits per heavy atom. The van der Waals surface area contributed by atoms with Gasteiger partial charge in [-0.05, 0) is 13.3 Å². The number of alkyl carbamates (subject to hydrolysis) is 1. The Bertz CT molecular complexity index is 373. The van der Waals surface area contributed by atoms with E-state index in [4.69, 9.17) is 4.74 Å². The second-order valence-electron chi connectivity index (χ2n) is 3.07. The van der Waals surface area contributed by atoms with Gasteiger partial charge in [-0.25, -0.2) is 4.79 Å². The molecule has 0 radical (unpaired) electrons. The van der Waals surface area contributed by atoms with Crippen LogP contribution in [0.1, 0.15) is 19.4 Å². The maximum atomic E-state index is 11.1. The number of hydrogen-bond donors (Lipinski definition) is 3. The molecule has 3 N–H and O–H groups in total. The number of carbonyl (C=O) groups is 1. The Kier molecular flexibility index (Phi) is 4.38. The van der Waals surface area contributed by atoms with Gasteiger partial charge in [0.1, 0.15) is 11.6 Å². The molecule has 0 spiro atoms. The minimum atomic E-state index is -0.530. The molecule has 0 aliphatic carbocycles. The quantitative estimate of drug-likeness (QED) is 0.709. The van der Waals surface area contributed by atoms with Gasteiger partial charge in [-0.1, -0.05) is 13.5 Å². The summed E-state index contributed by atoms with van der Waals surface area (Å²) in [7, 11) is 0. The smallest absolute Gasteiger partial charge is 0.412 e. The second-order valence-corrected chi connectivity index (χ2v) is 3.07. The van der Waals surface area contributed by atoms with Gasteiger partial charge in [0.25, 0.3) is 0 Å². The van der Waals surface area contributed by atoms with E-state index in [9.17, 15) is 4.79 Å². The third-order valence-corrected chi connectivity index (χ3v) is 1.90. The molecule has 1 heterocycles. The van der Waals surface area contributed by atoms with Crippen LogP contribution in [0.5, 0.6) is 0 Å². The number of amides is 1. The number of aryl methyl sites for hydroxylation is 1. The first-order valence-corrected chi connectivity index (χ1v) is 5.09. The standard InChI is InChI=1S/C10H16N4O2/c1-4-8-6-11-14-9(8)12-7(3)13-10(15)16-5-2/h6H,3-5H2,1-2H3,(H,13,15)(H2,11,12,14).